The van der Waals surface area contributed by atoms with Crippen molar-refractivity contribution in [3.63, 3.8) is 0 Å². The normalized spacial score (nSPS) is 15.4. The molecule has 1 heterocycles. The molecule has 8 heteroatoms. The van der Waals surface area contributed by atoms with Crippen molar-refractivity contribution in [3.8, 4) is 0 Å². The van der Waals surface area contributed by atoms with Crippen molar-refractivity contribution in [1.82, 2.24) is 5.32 Å². The average Bonchev–Trinajstić information content (AvgIpc) is 2.71. The van der Waals surface area contributed by atoms with E-state index in [1.165, 1.54) is 0 Å². The lowest BCUT2D eigenvalue weighted by Gasteiger charge is -2.37. The topological polar surface area (TPSA) is 76.7 Å². The summed E-state index contributed by atoms with van der Waals surface area (Å²) in [5.41, 5.74) is 0.645. The summed E-state index contributed by atoms with van der Waals surface area (Å²) in [5, 5.41) is 6.80. The standard InChI is InChI=1S/C21H22Cl2N2O4/c22-16-5-7-17(8-6-16)24-20(27)29-14-21(9-11-28-12-10-21)25-19(26)13-15-3-1-2-4-18(15)23/h1-8H,9-14H2,(H,24,27)(H,25,26). The van der Waals surface area contributed by atoms with Crippen LogP contribution in [0.15, 0.2) is 48.5 Å². The summed E-state index contributed by atoms with van der Waals surface area (Å²) in [6, 6.07) is 13.9. The van der Waals surface area contributed by atoms with Gasteiger partial charge in [-0.15, -0.1) is 0 Å². The Bertz CT molecular complexity index is 852. The van der Waals surface area contributed by atoms with Gasteiger partial charge in [0.25, 0.3) is 0 Å². The Kier molecular flexibility index (Phi) is 7.36. The minimum absolute atomic E-state index is 0.0457. The van der Waals surface area contributed by atoms with Crippen LogP contribution in [0.25, 0.3) is 0 Å². The molecule has 0 spiro atoms. The number of rotatable bonds is 6. The Labute approximate surface area is 179 Å². The van der Waals surface area contributed by atoms with Gasteiger partial charge in [0.2, 0.25) is 5.91 Å². The van der Waals surface area contributed by atoms with Crippen LogP contribution in [0.4, 0.5) is 10.5 Å². The number of carbonyl (C=O) groups excluding carboxylic acids is 2. The zero-order valence-electron chi connectivity index (χ0n) is 15.8. The van der Waals surface area contributed by atoms with Gasteiger partial charge in [0, 0.05) is 28.9 Å². The van der Waals surface area contributed by atoms with Gasteiger partial charge in [0.15, 0.2) is 0 Å². The molecule has 2 aromatic rings. The lowest BCUT2D eigenvalue weighted by molar-refractivity contribution is -0.124. The Morgan fingerprint density at radius 2 is 1.72 bits per heavy atom. The van der Waals surface area contributed by atoms with Crippen LogP contribution in [-0.2, 0) is 20.7 Å². The molecular formula is C21H22Cl2N2O4. The maximum absolute atomic E-state index is 12.6. The van der Waals surface area contributed by atoms with Crippen LogP contribution < -0.4 is 10.6 Å². The van der Waals surface area contributed by atoms with E-state index in [0.29, 0.717) is 41.8 Å². The largest absolute Gasteiger partial charge is 0.447 e. The van der Waals surface area contributed by atoms with Gasteiger partial charge in [-0.2, -0.15) is 0 Å². The molecular weight excluding hydrogens is 415 g/mol. The maximum Gasteiger partial charge on any atom is 0.411 e. The fourth-order valence-electron chi connectivity index (χ4n) is 3.11. The summed E-state index contributed by atoms with van der Waals surface area (Å²) in [6.45, 7) is 1.01. The van der Waals surface area contributed by atoms with Crippen molar-refractivity contribution in [2.24, 2.45) is 0 Å². The number of hydrogen-bond acceptors (Lipinski definition) is 4. The summed E-state index contributed by atoms with van der Waals surface area (Å²) >= 11 is 12.0. The van der Waals surface area contributed by atoms with Gasteiger partial charge in [-0.25, -0.2) is 4.79 Å². The highest BCUT2D eigenvalue weighted by Gasteiger charge is 2.35. The third-order valence-electron chi connectivity index (χ3n) is 4.73. The molecule has 29 heavy (non-hydrogen) atoms. The van der Waals surface area contributed by atoms with Crippen LogP contribution in [0.3, 0.4) is 0 Å². The van der Waals surface area contributed by atoms with Gasteiger partial charge in [-0.3, -0.25) is 10.1 Å². The number of benzene rings is 2. The Hall–Kier alpha value is -2.28. The third-order valence-corrected chi connectivity index (χ3v) is 5.35. The van der Waals surface area contributed by atoms with Gasteiger partial charge < -0.3 is 14.8 Å². The zero-order chi connectivity index (χ0) is 20.7. The van der Waals surface area contributed by atoms with Crippen LogP contribution in [0.5, 0.6) is 0 Å². The molecule has 0 unspecified atom stereocenters. The molecule has 0 saturated carbocycles. The molecule has 0 bridgehead atoms. The third kappa shape index (κ3) is 6.35. The van der Waals surface area contributed by atoms with Crippen molar-refractivity contribution in [2.45, 2.75) is 24.8 Å². The number of ether oxygens (including phenoxy) is 2. The van der Waals surface area contributed by atoms with Crippen molar-refractivity contribution >= 4 is 40.9 Å². The number of anilines is 1. The Morgan fingerprint density at radius 1 is 1.03 bits per heavy atom. The number of amides is 2. The average molecular weight is 437 g/mol. The van der Waals surface area contributed by atoms with E-state index < -0.39 is 11.6 Å². The van der Waals surface area contributed by atoms with E-state index in [0.717, 1.165) is 5.56 Å². The van der Waals surface area contributed by atoms with Crippen LogP contribution >= 0.6 is 23.2 Å². The summed E-state index contributed by atoms with van der Waals surface area (Å²) in [6.07, 6.45) is 0.656. The molecule has 1 aliphatic heterocycles. The summed E-state index contributed by atoms with van der Waals surface area (Å²) < 4.78 is 10.8. The number of hydrogen-bond donors (Lipinski definition) is 2. The van der Waals surface area contributed by atoms with Crippen molar-refractivity contribution in [3.05, 3.63) is 64.1 Å². The van der Waals surface area contributed by atoms with Gasteiger partial charge in [-0.1, -0.05) is 41.4 Å². The predicted molar refractivity (Wildman–Crippen MR) is 113 cm³/mol. The summed E-state index contributed by atoms with van der Waals surface area (Å²) in [4.78, 5) is 24.8. The van der Waals surface area contributed by atoms with Crippen LogP contribution in [0, 0.1) is 0 Å². The molecule has 0 aliphatic carbocycles. The van der Waals surface area contributed by atoms with Gasteiger partial charge in [-0.05, 0) is 48.7 Å². The van der Waals surface area contributed by atoms with Crippen LogP contribution in [0.2, 0.25) is 10.0 Å². The second-order valence-corrected chi connectivity index (χ2v) is 7.76. The summed E-state index contributed by atoms with van der Waals surface area (Å²) in [5.74, 6) is -0.179. The fraction of sp³-hybridized carbons (Fsp3) is 0.333. The van der Waals surface area contributed by atoms with E-state index in [9.17, 15) is 9.59 Å². The first-order valence-corrected chi connectivity index (χ1v) is 10.0. The quantitative estimate of drug-likeness (QED) is 0.700. The van der Waals surface area contributed by atoms with Crippen LogP contribution in [-0.4, -0.2) is 37.4 Å². The zero-order valence-corrected chi connectivity index (χ0v) is 17.3. The van der Waals surface area contributed by atoms with Gasteiger partial charge in [0.05, 0.1) is 12.0 Å². The Morgan fingerprint density at radius 3 is 2.41 bits per heavy atom. The number of nitrogens with one attached hydrogen (secondary N) is 2. The molecule has 0 aromatic heterocycles. The molecule has 0 radical (unpaired) electrons. The van der Waals surface area contributed by atoms with E-state index in [1.54, 1.807) is 30.3 Å². The smallest absolute Gasteiger partial charge is 0.411 e. The highest BCUT2D eigenvalue weighted by atomic mass is 35.5. The SMILES string of the molecule is O=C(Cc1ccccc1Cl)NC1(COC(=O)Nc2ccc(Cl)cc2)CCOCC1. The van der Waals surface area contributed by atoms with Crippen molar-refractivity contribution in [1.29, 1.82) is 0 Å². The number of carbonyl (C=O) groups is 2. The highest BCUT2D eigenvalue weighted by Crippen LogP contribution is 2.23. The lowest BCUT2D eigenvalue weighted by atomic mass is 9.90. The molecule has 1 aliphatic rings. The molecule has 1 saturated heterocycles. The molecule has 1 fully saturated rings. The van der Waals surface area contributed by atoms with E-state index in [4.69, 9.17) is 32.7 Å². The molecule has 2 amide bonds. The second-order valence-electron chi connectivity index (χ2n) is 6.92. The lowest BCUT2D eigenvalue weighted by Crippen LogP contribution is -2.56. The first-order chi connectivity index (χ1) is 14.0. The minimum atomic E-state index is -0.673. The molecule has 3 rings (SSSR count). The molecule has 6 nitrogen and oxygen atoms in total. The molecule has 2 aromatic carbocycles. The van der Waals surface area contributed by atoms with Crippen molar-refractivity contribution < 1.29 is 19.1 Å². The highest BCUT2D eigenvalue weighted by molar-refractivity contribution is 6.31. The molecule has 2 N–H and O–H groups in total. The van der Waals surface area contributed by atoms with Gasteiger partial charge in [0.1, 0.15) is 6.61 Å². The number of halogens is 2. The molecule has 154 valence electrons. The summed E-state index contributed by atoms with van der Waals surface area (Å²) in [7, 11) is 0. The van der Waals surface area contributed by atoms with E-state index >= 15 is 0 Å². The maximum atomic E-state index is 12.6. The van der Waals surface area contributed by atoms with E-state index in [1.807, 2.05) is 18.2 Å². The monoisotopic (exact) mass is 436 g/mol. The first kappa shape index (κ1) is 21.4. The van der Waals surface area contributed by atoms with Gasteiger partial charge >= 0.3 is 6.09 Å². The second kappa shape index (κ2) is 9.96. The van der Waals surface area contributed by atoms with E-state index in [2.05, 4.69) is 10.6 Å². The van der Waals surface area contributed by atoms with Crippen molar-refractivity contribution in [2.75, 3.05) is 25.1 Å². The first-order valence-electron chi connectivity index (χ1n) is 9.27. The fourth-order valence-corrected chi connectivity index (χ4v) is 3.44. The van der Waals surface area contributed by atoms with E-state index in [-0.39, 0.29) is 18.9 Å². The minimum Gasteiger partial charge on any atom is -0.447 e. The van der Waals surface area contributed by atoms with Crippen LogP contribution in [0.1, 0.15) is 18.4 Å². The molecule has 0 atom stereocenters. The predicted octanol–water partition coefficient (Wildman–Crippen LogP) is 4.45. The Balaban J connectivity index is 1.59.